The molecule has 1 aromatic rings. The van der Waals surface area contributed by atoms with Crippen molar-refractivity contribution >= 4 is 11.6 Å². The number of hydrogen-bond donors (Lipinski definition) is 4. The van der Waals surface area contributed by atoms with E-state index in [1.54, 1.807) is 0 Å². The molecule has 1 rings (SSSR count). The zero-order chi connectivity index (χ0) is 14.5. The fourth-order valence-corrected chi connectivity index (χ4v) is 1.88. The summed E-state index contributed by atoms with van der Waals surface area (Å²) in [7, 11) is 0. The first-order valence-electron chi connectivity index (χ1n) is 6.45. The van der Waals surface area contributed by atoms with Crippen molar-refractivity contribution < 1.29 is 15.0 Å². The molecule has 0 aliphatic heterocycles. The van der Waals surface area contributed by atoms with E-state index in [0.29, 0.717) is 12.2 Å². The van der Waals surface area contributed by atoms with Crippen LogP contribution in [0.4, 0.5) is 5.69 Å². The van der Waals surface area contributed by atoms with Crippen molar-refractivity contribution in [2.45, 2.75) is 26.7 Å². The Bertz CT molecular complexity index is 434. The first-order chi connectivity index (χ1) is 8.98. The molecule has 0 radical (unpaired) electrons. The lowest BCUT2D eigenvalue weighted by Gasteiger charge is -2.29. The van der Waals surface area contributed by atoms with Gasteiger partial charge in [-0.2, -0.15) is 0 Å². The van der Waals surface area contributed by atoms with Crippen molar-refractivity contribution in [1.29, 1.82) is 0 Å². The van der Waals surface area contributed by atoms with E-state index in [-0.39, 0.29) is 29.2 Å². The highest BCUT2D eigenvalue weighted by Gasteiger charge is 2.26. The van der Waals surface area contributed by atoms with Gasteiger partial charge in [0.1, 0.15) is 5.75 Å². The van der Waals surface area contributed by atoms with E-state index in [4.69, 9.17) is 5.73 Å². The number of phenolic OH excluding ortho intramolecular Hbond substituents is 1. The highest BCUT2D eigenvalue weighted by atomic mass is 16.3. The Morgan fingerprint density at radius 2 is 2.00 bits per heavy atom. The van der Waals surface area contributed by atoms with Crippen molar-refractivity contribution in [3.05, 3.63) is 23.8 Å². The van der Waals surface area contributed by atoms with Gasteiger partial charge in [0.25, 0.3) is 5.91 Å². The molecule has 106 valence electrons. The number of amides is 1. The van der Waals surface area contributed by atoms with Gasteiger partial charge in [0.2, 0.25) is 0 Å². The smallest absolute Gasteiger partial charge is 0.253 e. The largest absolute Gasteiger partial charge is 0.508 e. The standard InChI is InChI=1S/C14H22N2O3/c1-3-14(4-2,9-17)8-16-13(19)11-7-10(18)5-6-12(11)15/h5-7,17-18H,3-4,8-9,15H2,1-2H3,(H,16,19). The van der Waals surface area contributed by atoms with Crippen molar-refractivity contribution in [1.82, 2.24) is 5.32 Å². The highest BCUT2D eigenvalue weighted by molar-refractivity contribution is 5.99. The average Bonchev–Trinajstić information content (AvgIpc) is 2.43. The number of nitrogens with one attached hydrogen (secondary N) is 1. The predicted octanol–water partition coefficient (Wildman–Crippen LogP) is 1.50. The summed E-state index contributed by atoms with van der Waals surface area (Å²) in [6, 6.07) is 4.26. The summed E-state index contributed by atoms with van der Waals surface area (Å²) >= 11 is 0. The SMILES string of the molecule is CCC(CC)(CO)CNC(=O)c1cc(O)ccc1N. The van der Waals surface area contributed by atoms with Gasteiger partial charge in [0, 0.05) is 17.6 Å². The van der Waals surface area contributed by atoms with Crippen LogP contribution in [0.25, 0.3) is 0 Å². The molecular weight excluding hydrogens is 244 g/mol. The number of nitrogens with two attached hydrogens (primary N) is 1. The average molecular weight is 266 g/mol. The molecule has 0 saturated heterocycles. The number of carbonyl (C=O) groups is 1. The van der Waals surface area contributed by atoms with E-state index in [1.807, 2.05) is 13.8 Å². The van der Waals surface area contributed by atoms with Crippen LogP contribution < -0.4 is 11.1 Å². The van der Waals surface area contributed by atoms with Crippen molar-refractivity contribution in [3.63, 3.8) is 0 Å². The topological polar surface area (TPSA) is 95.6 Å². The summed E-state index contributed by atoms with van der Waals surface area (Å²) in [5, 5.41) is 21.6. The van der Waals surface area contributed by atoms with Crippen LogP contribution in [0.2, 0.25) is 0 Å². The van der Waals surface area contributed by atoms with Crippen molar-refractivity contribution in [3.8, 4) is 5.75 Å². The number of benzene rings is 1. The van der Waals surface area contributed by atoms with Crippen molar-refractivity contribution in [2.75, 3.05) is 18.9 Å². The van der Waals surface area contributed by atoms with Crippen LogP contribution in [-0.4, -0.2) is 29.3 Å². The van der Waals surface area contributed by atoms with Crippen LogP contribution in [0, 0.1) is 5.41 Å². The van der Waals surface area contributed by atoms with Gasteiger partial charge >= 0.3 is 0 Å². The van der Waals surface area contributed by atoms with E-state index in [2.05, 4.69) is 5.32 Å². The Morgan fingerprint density at radius 3 is 2.53 bits per heavy atom. The molecule has 0 aliphatic rings. The summed E-state index contributed by atoms with van der Waals surface area (Å²) in [5.41, 5.74) is 5.97. The number of rotatable bonds is 6. The van der Waals surface area contributed by atoms with Gasteiger partial charge in [-0.05, 0) is 31.0 Å². The predicted molar refractivity (Wildman–Crippen MR) is 75.0 cm³/mol. The number of aliphatic hydroxyl groups is 1. The summed E-state index contributed by atoms with van der Waals surface area (Å²) < 4.78 is 0. The summed E-state index contributed by atoms with van der Waals surface area (Å²) in [4.78, 5) is 12.0. The zero-order valence-corrected chi connectivity index (χ0v) is 11.4. The van der Waals surface area contributed by atoms with Crippen LogP contribution in [0.1, 0.15) is 37.0 Å². The maximum atomic E-state index is 12.0. The lowest BCUT2D eigenvalue weighted by Crippen LogP contribution is -2.39. The molecule has 1 aromatic carbocycles. The highest BCUT2D eigenvalue weighted by Crippen LogP contribution is 2.25. The molecule has 0 bridgehead atoms. The summed E-state index contributed by atoms with van der Waals surface area (Å²) in [6.45, 7) is 4.36. The zero-order valence-electron chi connectivity index (χ0n) is 11.4. The normalized spacial score (nSPS) is 11.3. The van der Waals surface area contributed by atoms with Crippen LogP contribution in [-0.2, 0) is 0 Å². The van der Waals surface area contributed by atoms with Gasteiger partial charge < -0.3 is 21.3 Å². The fraction of sp³-hybridized carbons (Fsp3) is 0.500. The molecule has 5 heteroatoms. The van der Waals surface area contributed by atoms with Gasteiger partial charge in [-0.1, -0.05) is 13.8 Å². The number of anilines is 1. The quantitative estimate of drug-likeness (QED) is 0.463. The first kappa shape index (κ1) is 15.3. The first-order valence-corrected chi connectivity index (χ1v) is 6.45. The molecule has 19 heavy (non-hydrogen) atoms. The van der Waals surface area contributed by atoms with Gasteiger partial charge in [-0.3, -0.25) is 4.79 Å². The van der Waals surface area contributed by atoms with Crippen molar-refractivity contribution in [2.24, 2.45) is 5.41 Å². The Balaban J connectivity index is 2.77. The van der Waals surface area contributed by atoms with Crippen LogP contribution >= 0.6 is 0 Å². The molecule has 5 nitrogen and oxygen atoms in total. The van der Waals surface area contributed by atoms with Crippen LogP contribution in [0.5, 0.6) is 5.75 Å². The molecule has 0 spiro atoms. The molecule has 1 amide bonds. The van der Waals surface area contributed by atoms with Gasteiger partial charge in [-0.25, -0.2) is 0 Å². The third-order valence-electron chi connectivity index (χ3n) is 3.74. The third kappa shape index (κ3) is 3.61. The van der Waals surface area contributed by atoms with Gasteiger partial charge in [0.15, 0.2) is 0 Å². The summed E-state index contributed by atoms with van der Waals surface area (Å²) in [5.74, 6) is -0.341. The molecule has 0 aliphatic carbocycles. The Kier molecular flexibility index (Phi) is 5.18. The van der Waals surface area contributed by atoms with E-state index in [1.165, 1.54) is 18.2 Å². The van der Waals surface area contributed by atoms with E-state index < -0.39 is 0 Å². The molecular formula is C14H22N2O3. The van der Waals surface area contributed by atoms with Crippen LogP contribution in [0.3, 0.4) is 0 Å². The maximum absolute atomic E-state index is 12.0. The number of nitrogen functional groups attached to an aromatic ring is 1. The monoisotopic (exact) mass is 266 g/mol. The molecule has 0 aromatic heterocycles. The maximum Gasteiger partial charge on any atom is 0.253 e. The Hall–Kier alpha value is -1.75. The third-order valence-corrected chi connectivity index (χ3v) is 3.74. The molecule has 0 saturated carbocycles. The summed E-state index contributed by atoms with van der Waals surface area (Å²) in [6.07, 6.45) is 1.55. The molecule has 5 N–H and O–H groups in total. The molecule has 0 heterocycles. The minimum Gasteiger partial charge on any atom is -0.508 e. The number of phenols is 1. The van der Waals surface area contributed by atoms with Gasteiger partial charge in [-0.15, -0.1) is 0 Å². The molecule has 0 atom stereocenters. The second kappa shape index (κ2) is 6.43. The molecule has 0 unspecified atom stereocenters. The van der Waals surface area contributed by atoms with Crippen LogP contribution in [0.15, 0.2) is 18.2 Å². The second-order valence-corrected chi connectivity index (χ2v) is 4.82. The van der Waals surface area contributed by atoms with E-state index >= 15 is 0 Å². The number of carbonyl (C=O) groups excluding carboxylic acids is 1. The molecule has 0 fully saturated rings. The Labute approximate surface area is 113 Å². The minimum atomic E-state index is -0.340. The number of aromatic hydroxyl groups is 1. The second-order valence-electron chi connectivity index (χ2n) is 4.82. The lowest BCUT2D eigenvalue weighted by molar-refractivity contribution is 0.0851. The number of hydrogen-bond acceptors (Lipinski definition) is 4. The minimum absolute atomic E-state index is 0.00115. The van der Waals surface area contributed by atoms with E-state index in [9.17, 15) is 15.0 Å². The number of aliphatic hydroxyl groups excluding tert-OH is 1. The fourth-order valence-electron chi connectivity index (χ4n) is 1.88. The Morgan fingerprint density at radius 1 is 1.37 bits per heavy atom. The lowest BCUT2D eigenvalue weighted by atomic mass is 9.83. The van der Waals surface area contributed by atoms with Gasteiger partial charge in [0.05, 0.1) is 12.2 Å². The van der Waals surface area contributed by atoms with E-state index in [0.717, 1.165) is 12.8 Å².